The fourth-order valence-electron chi connectivity index (χ4n) is 2.53. The first-order valence-corrected chi connectivity index (χ1v) is 9.68. The molecule has 0 atom stereocenters. The van der Waals surface area contributed by atoms with Crippen molar-refractivity contribution in [3.8, 4) is 0 Å². The van der Waals surface area contributed by atoms with Crippen molar-refractivity contribution in [1.82, 2.24) is 5.43 Å². The molecule has 0 heterocycles. The summed E-state index contributed by atoms with van der Waals surface area (Å²) in [5.74, 6) is 0.270. The van der Waals surface area contributed by atoms with E-state index in [1.807, 2.05) is 42.5 Å². The number of hydrogen-bond acceptors (Lipinski definition) is 3. The molecule has 148 valence electrons. The molecule has 3 rings (SSSR count). The maximum absolute atomic E-state index is 13.0. The van der Waals surface area contributed by atoms with Gasteiger partial charge in [-0.2, -0.15) is 18.3 Å². The number of rotatable bonds is 6. The molecule has 0 aromatic heterocycles. The third-order valence-electron chi connectivity index (χ3n) is 4.00. The van der Waals surface area contributed by atoms with Crippen molar-refractivity contribution in [2.45, 2.75) is 16.8 Å². The Hall–Kier alpha value is -3.06. The summed E-state index contributed by atoms with van der Waals surface area (Å²) in [6.45, 7) is 0. The van der Waals surface area contributed by atoms with Gasteiger partial charge < -0.3 is 0 Å². The highest BCUT2D eigenvalue weighted by atomic mass is 32.2. The number of thioether (sulfide) groups is 1. The molecule has 0 aliphatic heterocycles. The summed E-state index contributed by atoms with van der Waals surface area (Å²) in [6, 6.07) is 22.0. The van der Waals surface area contributed by atoms with E-state index < -0.39 is 17.6 Å². The van der Waals surface area contributed by atoms with Gasteiger partial charge in [-0.15, -0.1) is 11.8 Å². The summed E-state index contributed by atoms with van der Waals surface area (Å²) in [5.41, 5.74) is 2.77. The van der Waals surface area contributed by atoms with Gasteiger partial charge >= 0.3 is 6.18 Å². The summed E-state index contributed by atoms with van der Waals surface area (Å²) in [5, 5.41) is 3.66. The van der Waals surface area contributed by atoms with E-state index in [-0.39, 0.29) is 5.56 Å². The van der Waals surface area contributed by atoms with Gasteiger partial charge in [-0.05, 0) is 35.9 Å². The van der Waals surface area contributed by atoms with E-state index in [9.17, 15) is 18.0 Å². The van der Waals surface area contributed by atoms with Gasteiger partial charge in [0.25, 0.3) is 5.91 Å². The second-order valence-corrected chi connectivity index (χ2v) is 7.13. The molecule has 0 unspecified atom stereocenters. The van der Waals surface area contributed by atoms with Gasteiger partial charge in [0.1, 0.15) is 0 Å². The van der Waals surface area contributed by atoms with Crippen LogP contribution in [-0.4, -0.2) is 12.1 Å². The minimum absolute atomic E-state index is 0.117. The van der Waals surface area contributed by atoms with Crippen molar-refractivity contribution in [2.75, 3.05) is 0 Å². The number of carbonyl (C=O) groups excluding carboxylic acids is 1. The van der Waals surface area contributed by atoms with Crippen LogP contribution in [-0.2, 0) is 11.9 Å². The van der Waals surface area contributed by atoms with Gasteiger partial charge in [0, 0.05) is 21.8 Å². The van der Waals surface area contributed by atoms with Gasteiger partial charge in [-0.25, -0.2) is 5.43 Å². The molecule has 3 aromatic carbocycles. The number of carbonyl (C=O) groups is 1. The lowest BCUT2D eigenvalue weighted by Gasteiger charge is -2.09. The average molecular weight is 414 g/mol. The monoisotopic (exact) mass is 414 g/mol. The third kappa shape index (κ3) is 5.96. The standard InChI is InChI=1S/C22H17F3N2OS/c23-22(24,25)20-9-5-4-6-18(20)14-26-27-21(28)17-12-10-16(11-13-17)15-29-19-7-2-1-3-8-19/h1-14H,15H2,(H,27,28)/b26-14-. The summed E-state index contributed by atoms with van der Waals surface area (Å²) in [4.78, 5) is 13.3. The molecule has 0 radical (unpaired) electrons. The van der Waals surface area contributed by atoms with Crippen LogP contribution in [0.15, 0.2) is 88.9 Å². The van der Waals surface area contributed by atoms with Crippen molar-refractivity contribution < 1.29 is 18.0 Å². The molecule has 29 heavy (non-hydrogen) atoms. The van der Waals surface area contributed by atoms with Crippen LogP contribution < -0.4 is 5.43 Å². The van der Waals surface area contributed by atoms with E-state index in [1.54, 1.807) is 23.9 Å². The Labute approximate surface area is 170 Å². The molecule has 3 nitrogen and oxygen atoms in total. The fraction of sp³-hybridized carbons (Fsp3) is 0.0909. The molecule has 0 saturated carbocycles. The van der Waals surface area contributed by atoms with Gasteiger partial charge in [-0.3, -0.25) is 4.79 Å². The number of nitrogens with zero attached hydrogens (tertiary/aromatic N) is 1. The maximum Gasteiger partial charge on any atom is 0.417 e. The smallest absolute Gasteiger partial charge is 0.267 e. The summed E-state index contributed by atoms with van der Waals surface area (Å²) >= 11 is 1.69. The number of alkyl halides is 3. The first kappa shape index (κ1) is 20.7. The number of benzene rings is 3. The number of amides is 1. The number of hydrazone groups is 1. The molecule has 3 aromatic rings. The molecule has 0 fully saturated rings. The van der Waals surface area contributed by atoms with Gasteiger partial charge in [0.05, 0.1) is 11.8 Å². The number of nitrogens with one attached hydrogen (secondary N) is 1. The topological polar surface area (TPSA) is 41.5 Å². The molecular weight excluding hydrogens is 397 g/mol. The zero-order valence-electron chi connectivity index (χ0n) is 15.2. The first-order chi connectivity index (χ1) is 13.9. The quantitative estimate of drug-likeness (QED) is 0.316. The van der Waals surface area contributed by atoms with E-state index in [4.69, 9.17) is 0 Å². The Morgan fingerprint density at radius 2 is 1.59 bits per heavy atom. The minimum atomic E-state index is -4.49. The average Bonchev–Trinajstić information content (AvgIpc) is 2.73. The van der Waals surface area contributed by atoms with Crippen LogP contribution in [0.3, 0.4) is 0 Å². The van der Waals surface area contributed by atoms with Crippen LogP contribution in [0.25, 0.3) is 0 Å². The largest absolute Gasteiger partial charge is 0.417 e. The molecule has 1 amide bonds. The summed E-state index contributed by atoms with van der Waals surface area (Å²) in [7, 11) is 0. The van der Waals surface area contributed by atoms with E-state index in [0.29, 0.717) is 5.56 Å². The van der Waals surface area contributed by atoms with Crippen molar-refractivity contribution in [3.63, 3.8) is 0 Å². The van der Waals surface area contributed by atoms with E-state index in [1.165, 1.54) is 18.2 Å². The Morgan fingerprint density at radius 1 is 0.931 bits per heavy atom. The molecule has 0 aliphatic rings. The zero-order chi connectivity index (χ0) is 20.7. The molecule has 0 spiro atoms. The Bertz CT molecular complexity index is 987. The number of halogens is 3. The van der Waals surface area contributed by atoms with Crippen molar-refractivity contribution in [2.24, 2.45) is 5.10 Å². The second kappa shape index (κ2) is 9.43. The van der Waals surface area contributed by atoms with Crippen LogP contribution in [0.5, 0.6) is 0 Å². The van der Waals surface area contributed by atoms with Crippen molar-refractivity contribution >= 4 is 23.9 Å². The summed E-state index contributed by atoms with van der Waals surface area (Å²) in [6.07, 6.45) is -3.49. The zero-order valence-corrected chi connectivity index (χ0v) is 16.0. The number of hydrogen-bond donors (Lipinski definition) is 1. The third-order valence-corrected chi connectivity index (χ3v) is 5.08. The first-order valence-electron chi connectivity index (χ1n) is 8.70. The van der Waals surface area contributed by atoms with Crippen molar-refractivity contribution in [3.05, 3.63) is 101 Å². The van der Waals surface area contributed by atoms with Crippen LogP contribution in [0.4, 0.5) is 13.2 Å². The lowest BCUT2D eigenvalue weighted by Crippen LogP contribution is -2.18. The Balaban J connectivity index is 1.58. The Morgan fingerprint density at radius 3 is 2.28 bits per heavy atom. The molecule has 0 bridgehead atoms. The fourth-order valence-corrected chi connectivity index (χ4v) is 3.40. The highest BCUT2D eigenvalue weighted by Crippen LogP contribution is 2.31. The molecule has 0 aliphatic carbocycles. The van der Waals surface area contributed by atoms with Gasteiger partial charge in [0.15, 0.2) is 0 Å². The molecule has 7 heteroatoms. The molecular formula is C22H17F3N2OS. The highest BCUT2D eigenvalue weighted by molar-refractivity contribution is 7.98. The van der Waals surface area contributed by atoms with Crippen LogP contribution in [0.1, 0.15) is 27.0 Å². The SMILES string of the molecule is O=C(N/N=C\c1ccccc1C(F)(F)F)c1ccc(CSc2ccccc2)cc1. The Kier molecular flexibility index (Phi) is 6.72. The van der Waals surface area contributed by atoms with E-state index >= 15 is 0 Å². The lowest BCUT2D eigenvalue weighted by molar-refractivity contribution is -0.137. The van der Waals surface area contributed by atoms with Crippen LogP contribution in [0, 0.1) is 0 Å². The van der Waals surface area contributed by atoms with E-state index in [2.05, 4.69) is 10.5 Å². The molecule has 0 saturated heterocycles. The van der Waals surface area contributed by atoms with Gasteiger partial charge in [0.2, 0.25) is 0 Å². The lowest BCUT2D eigenvalue weighted by atomic mass is 10.1. The minimum Gasteiger partial charge on any atom is -0.267 e. The van der Waals surface area contributed by atoms with Crippen molar-refractivity contribution in [1.29, 1.82) is 0 Å². The highest BCUT2D eigenvalue weighted by Gasteiger charge is 2.32. The van der Waals surface area contributed by atoms with E-state index in [0.717, 1.165) is 28.5 Å². The van der Waals surface area contributed by atoms with Gasteiger partial charge in [-0.1, -0.05) is 48.5 Å². The van der Waals surface area contributed by atoms with Crippen LogP contribution in [0.2, 0.25) is 0 Å². The molecule has 1 N–H and O–H groups in total. The predicted octanol–water partition coefficient (Wildman–Crippen LogP) is 5.76. The normalized spacial score (nSPS) is 11.6. The summed E-state index contributed by atoms with van der Waals surface area (Å²) < 4.78 is 38.9. The van der Waals surface area contributed by atoms with Crippen LogP contribution >= 0.6 is 11.8 Å². The maximum atomic E-state index is 13.0. The second-order valence-electron chi connectivity index (χ2n) is 6.08. The predicted molar refractivity (Wildman–Crippen MR) is 109 cm³/mol.